The van der Waals surface area contributed by atoms with Crippen molar-refractivity contribution >= 4 is 39.1 Å². The highest BCUT2D eigenvalue weighted by Gasteiger charge is 2.29. The molecule has 0 radical (unpaired) electrons. The molecule has 0 aliphatic heterocycles. The van der Waals surface area contributed by atoms with Crippen molar-refractivity contribution in [2.24, 2.45) is 5.92 Å². The molecule has 178 valence electrons. The molecule has 2 heterocycles. The Morgan fingerprint density at radius 1 is 1.11 bits per heavy atom. The minimum absolute atomic E-state index is 0.253. The fraction of sp³-hybridized carbons (Fsp3) is 0.276. The van der Waals surface area contributed by atoms with E-state index in [2.05, 4.69) is 12.2 Å². The number of esters is 1. The van der Waals surface area contributed by atoms with Gasteiger partial charge in [-0.15, -0.1) is 11.3 Å². The lowest BCUT2D eigenvalue weighted by molar-refractivity contribution is 0.0505. The largest absolute Gasteiger partial charge is 0.462 e. The number of rotatable bonds is 6. The van der Waals surface area contributed by atoms with Crippen LogP contribution in [0.2, 0.25) is 0 Å². The Balaban J connectivity index is 1.56. The molecule has 0 spiro atoms. The van der Waals surface area contributed by atoms with Gasteiger partial charge in [-0.25, -0.2) is 9.78 Å². The van der Waals surface area contributed by atoms with Crippen molar-refractivity contribution in [1.82, 2.24) is 4.98 Å². The van der Waals surface area contributed by atoms with E-state index in [0.29, 0.717) is 28.7 Å². The van der Waals surface area contributed by atoms with Crippen molar-refractivity contribution in [3.05, 3.63) is 82.2 Å². The van der Waals surface area contributed by atoms with Gasteiger partial charge < -0.3 is 10.1 Å². The Kier molecular flexibility index (Phi) is 6.64. The first-order valence-electron chi connectivity index (χ1n) is 12.1. The summed E-state index contributed by atoms with van der Waals surface area (Å²) in [5.41, 5.74) is 4.52. The lowest BCUT2D eigenvalue weighted by Gasteiger charge is -2.18. The topological polar surface area (TPSA) is 68.3 Å². The van der Waals surface area contributed by atoms with Crippen LogP contribution in [0.1, 0.15) is 57.8 Å². The van der Waals surface area contributed by atoms with Crippen molar-refractivity contribution in [3.8, 4) is 11.3 Å². The maximum Gasteiger partial charge on any atom is 0.341 e. The number of nitrogens with one attached hydrogen (secondary N) is 1. The van der Waals surface area contributed by atoms with Crippen molar-refractivity contribution < 1.29 is 14.3 Å². The second-order valence-corrected chi connectivity index (χ2v) is 10.2. The van der Waals surface area contributed by atoms with Crippen LogP contribution >= 0.6 is 11.3 Å². The molecule has 0 bridgehead atoms. The maximum atomic E-state index is 13.7. The van der Waals surface area contributed by atoms with Crippen LogP contribution in [0.25, 0.3) is 22.2 Å². The van der Waals surface area contributed by atoms with Crippen molar-refractivity contribution in [3.63, 3.8) is 0 Å². The predicted octanol–water partition coefficient (Wildman–Crippen LogP) is 6.91. The number of amides is 1. The molecule has 0 saturated heterocycles. The second kappa shape index (κ2) is 10.0. The minimum atomic E-state index is -0.348. The highest BCUT2D eigenvalue weighted by atomic mass is 32.1. The zero-order valence-electron chi connectivity index (χ0n) is 20.0. The molecular weight excluding hydrogens is 456 g/mol. The van der Waals surface area contributed by atoms with Gasteiger partial charge in [-0.3, -0.25) is 4.79 Å². The van der Waals surface area contributed by atoms with Crippen LogP contribution in [-0.2, 0) is 17.6 Å². The van der Waals surface area contributed by atoms with Crippen LogP contribution in [0, 0.1) is 5.92 Å². The Labute approximate surface area is 209 Å². The molecule has 1 amide bonds. The number of thiophene rings is 1. The molecule has 0 saturated carbocycles. The molecular formula is C29H28N2O3S. The Hall–Kier alpha value is -3.51. The van der Waals surface area contributed by atoms with Crippen LogP contribution in [0.4, 0.5) is 5.00 Å². The summed E-state index contributed by atoms with van der Waals surface area (Å²) in [7, 11) is 0. The van der Waals surface area contributed by atoms with E-state index in [1.165, 1.54) is 16.2 Å². The molecule has 2 aromatic heterocycles. The number of benzene rings is 2. The van der Waals surface area contributed by atoms with Crippen LogP contribution in [0.3, 0.4) is 0 Å². The normalized spacial score (nSPS) is 15.0. The quantitative estimate of drug-likeness (QED) is 0.302. The van der Waals surface area contributed by atoms with Gasteiger partial charge in [-0.05, 0) is 49.3 Å². The molecule has 1 atom stereocenters. The van der Waals surface area contributed by atoms with Crippen LogP contribution in [0.5, 0.6) is 0 Å². The fourth-order valence-corrected chi connectivity index (χ4v) is 6.01. The molecule has 5 rings (SSSR count). The zero-order chi connectivity index (χ0) is 24.4. The summed E-state index contributed by atoms with van der Waals surface area (Å²) in [5, 5.41) is 4.43. The van der Waals surface area contributed by atoms with Gasteiger partial charge in [0.15, 0.2) is 0 Å². The number of anilines is 1. The minimum Gasteiger partial charge on any atom is -0.462 e. The molecule has 4 aromatic rings. The van der Waals surface area contributed by atoms with Crippen LogP contribution in [-0.4, -0.2) is 23.5 Å². The summed E-state index contributed by atoms with van der Waals surface area (Å²) in [6, 6.07) is 19.3. The first kappa shape index (κ1) is 23.2. The van der Waals surface area contributed by atoms with E-state index < -0.39 is 0 Å². The summed E-state index contributed by atoms with van der Waals surface area (Å²) < 4.78 is 5.51. The molecule has 5 nitrogen and oxygen atoms in total. The third kappa shape index (κ3) is 4.71. The van der Waals surface area contributed by atoms with Gasteiger partial charge in [0, 0.05) is 15.8 Å². The molecule has 6 heteroatoms. The Morgan fingerprint density at radius 2 is 1.89 bits per heavy atom. The Bertz CT molecular complexity index is 1390. The fourth-order valence-electron chi connectivity index (χ4n) is 4.61. The lowest BCUT2D eigenvalue weighted by atomic mass is 9.88. The molecule has 0 fully saturated rings. The molecule has 2 aromatic carbocycles. The standard InChI is InChI=1S/C29H28N2O3S/c1-3-15-34-29(33)26-21-14-13-18(2)16-25(21)35-28(26)31-27(32)22-17-24(19-9-5-4-6-10-19)30-23-12-8-7-11-20(22)23/h4-12,17-18H,3,13-16H2,1-2H3,(H,31,32)/t18-/m0/s1. The second-order valence-electron chi connectivity index (χ2n) is 9.08. The third-order valence-corrected chi connectivity index (χ3v) is 7.58. The maximum absolute atomic E-state index is 13.7. The van der Waals surface area contributed by atoms with E-state index in [4.69, 9.17) is 9.72 Å². The number of ether oxygens (including phenoxy) is 1. The van der Waals surface area contributed by atoms with Gasteiger partial charge >= 0.3 is 5.97 Å². The number of aromatic nitrogens is 1. The van der Waals surface area contributed by atoms with Gasteiger partial charge in [-0.2, -0.15) is 0 Å². The van der Waals surface area contributed by atoms with Gasteiger partial charge in [0.1, 0.15) is 5.00 Å². The number of fused-ring (bicyclic) bond motifs is 2. The van der Waals surface area contributed by atoms with E-state index in [0.717, 1.165) is 53.4 Å². The van der Waals surface area contributed by atoms with Crippen molar-refractivity contribution in [2.45, 2.75) is 39.5 Å². The molecule has 35 heavy (non-hydrogen) atoms. The summed E-state index contributed by atoms with van der Waals surface area (Å²) in [6.07, 6.45) is 3.53. The predicted molar refractivity (Wildman–Crippen MR) is 141 cm³/mol. The zero-order valence-corrected chi connectivity index (χ0v) is 20.8. The summed E-state index contributed by atoms with van der Waals surface area (Å²) in [6.45, 7) is 4.56. The lowest BCUT2D eigenvalue weighted by Crippen LogP contribution is -2.17. The number of para-hydroxylation sites is 1. The van der Waals surface area contributed by atoms with E-state index in [1.807, 2.05) is 67.6 Å². The highest BCUT2D eigenvalue weighted by Crippen LogP contribution is 2.40. The molecule has 1 aliphatic carbocycles. The van der Waals surface area contributed by atoms with E-state index >= 15 is 0 Å². The van der Waals surface area contributed by atoms with Crippen LogP contribution < -0.4 is 5.32 Å². The monoisotopic (exact) mass is 484 g/mol. The average molecular weight is 485 g/mol. The molecule has 0 unspecified atom stereocenters. The SMILES string of the molecule is CCCOC(=O)c1c(NC(=O)c2cc(-c3ccccc3)nc3ccccc23)sc2c1CC[C@H](C)C2. The number of carbonyl (C=O) groups excluding carboxylic acids is 2. The van der Waals surface area contributed by atoms with Crippen molar-refractivity contribution in [2.75, 3.05) is 11.9 Å². The smallest absolute Gasteiger partial charge is 0.341 e. The summed E-state index contributed by atoms with van der Waals surface area (Å²) >= 11 is 1.51. The summed E-state index contributed by atoms with van der Waals surface area (Å²) in [4.78, 5) is 32.7. The van der Waals surface area contributed by atoms with E-state index in [1.54, 1.807) is 0 Å². The number of hydrogen-bond acceptors (Lipinski definition) is 5. The van der Waals surface area contributed by atoms with Gasteiger partial charge in [0.05, 0.1) is 28.9 Å². The average Bonchev–Trinajstić information content (AvgIpc) is 3.23. The first-order chi connectivity index (χ1) is 17.0. The molecule has 1 N–H and O–H groups in total. The van der Waals surface area contributed by atoms with Crippen molar-refractivity contribution in [1.29, 1.82) is 0 Å². The van der Waals surface area contributed by atoms with Gasteiger partial charge in [0.25, 0.3) is 5.91 Å². The number of pyridine rings is 1. The van der Waals surface area contributed by atoms with Gasteiger partial charge in [-0.1, -0.05) is 62.4 Å². The molecule has 1 aliphatic rings. The third-order valence-electron chi connectivity index (χ3n) is 6.41. The number of hydrogen-bond donors (Lipinski definition) is 1. The summed E-state index contributed by atoms with van der Waals surface area (Å²) in [5.74, 6) is -0.0440. The number of carbonyl (C=O) groups is 2. The number of nitrogens with zero attached hydrogens (tertiary/aromatic N) is 1. The first-order valence-corrected chi connectivity index (χ1v) is 12.9. The van der Waals surface area contributed by atoms with E-state index in [-0.39, 0.29) is 11.9 Å². The Morgan fingerprint density at radius 3 is 2.69 bits per heavy atom. The highest BCUT2D eigenvalue weighted by molar-refractivity contribution is 7.17. The van der Waals surface area contributed by atoms with Crippen LogP contribution in [0.15, 0.2) is 60.7 Å². The van der Waals surface area contributed by atoms with E-state index in [9.17, 15) is 9.59 Å². The van der Waals surface area contributed by atoms with Gasteiger partial charge in [0.2, 0.25) is 0 Å².